The van der Waals surface area contributed by atoms with Crippen LogP contribution in [0.5, 0.6) is 0 Å². The summed E-state index contributed by atoms with van der Waals surface area (Å²) in [6, 6.07) is 0.779. The smallest absolute Gasteiger partial charge is 0.340 e. The number of nitrogens with zero attached hydrogens (tertiary/aromatic N) is 1. The third-order valence-corrected chi connectivity index (χ3v) is 2.00. The lowest BCUT2D eigenvalue weighted by Crippen LogP contribution is -2.04. The zero-order valence-electron chi connectivity index (χ0n) is 7.67. The van der Waals surface area contributed by atoms with Gasteiger partial charge in [0.2, 0.25) is 0 Å². The number of hydrogen-bond donors (Lipinski definition) is 1. The maximum Gasteiger partial charge on any atom is 0.340 e. The van der Waals surface area contributed by atoms with Gasteiger partial charge in [-0.05, 0) is 6.07 Å². The Morgan fingerprint density at radius 2 is 2.27 bits per heavy atom. The Morgan fingerprint density at radius 3 is 2.93 bits per heavy atom. The van der Waals surface area contributed by atoms with Crippen LogP contribution in [-0.2, 0) is 4.74 Å². The fraction of sp³-hybridized carbons (Fsp3) is 0.111. The van der Waals surface area contributed by atoms with Gasteiger partial charge >= 0.3 is 5.97 Å². The van der Waals surface area contributed by atoms with Gasteiger partial charge in [0.25, 0.3) is 0 Å². The van der Waals surface area contributed by atoms with Gasteiger partial charge in [0.05, 0.1) is 24.5 Å². The lowest BCUT2D eigenvalue weighted by atomic mass is 10.1. The first-order chi connectivity index (χ1) is 7.15. The topological polar surface area (TPSA) is 55.0 Å². The molecule has 0 bridgehead atoms. The maximum absolute atomic E-state index is 13.2. The fourth-order valence-electron chi connectivity index (χ4n) is 1.31. The van der Waals surface area contributed by atoms with Gasteiger partial charge in [-0.1, -0.05) is 0 Å². The Kier molecular flexibility index (Phi) is 2.11. The lowest BCUT2D eigenvalue weighted by Gasteiger charge is -2.01. The Balaban J connectivity index is 2.80. The molecule has 0 radical (unpaired) electrons. The molecule has 1 aromatic heterocycles. The molecule has 6 heteroatoms. The van der Waals surface area contributed by atoms with E-state index < -0.39 is 17.6 Å². The Hall–Kier alpha value is -1.98. The average molecular weight is 212 g/mol. The van der Waals surface area contributed by atoms with Crippen LogP contribution in [0.2, 0.25) is 0 Å². The molecule has 1 N–H and O–H groups in total. The van der Waals surface area contributed by atoms with E-state index in [9.17, 15) is 13.6 Å². The minimum absolute atomic E-state index is 0.0797. The van der Waals surface area contributed by atoms with Crippen molar-refractivity contribution in [1.29, 1.82) is 0 Å². The first-order valence-corrected chi connectivity index (χ1v) is 4.04. The molecular formula is C9H6F2N2O2. The number of fused-ring (bicyclic) bond motifs is 1. The number of aromatic amines is 1. The molecule has 15 heavy (non-hydrogen) atoms. The Bertz CT molecular complexity index is 536. The van der Waals surface area contributed by atoms with E-state index in [2.05, 4.69) is 14.7 Å². The SMILES string of the molecule is COC(=O)c1cc(F)c(F)c2nc[nH]c12. The fourth-order valence-corrected chi connectivity index (χ4v) is 1.31. The molecule has 2 rings (SSSR count). The molecule has 0 atom stereocenters. The molecule has 0 saturated heterocycles. The number of rotatable bonds is 1. The molecule has 0 spiro atoms. The van der Waals surface area contributed by atoms with E-state index in [-0.39, 0.29) is 16.6 Å². The van der Waals surface area contributed by atoms with E-state index in [1.165, 1.54) is 6.33 Å². The van der Waals surface area contributed by atoms with E-state index in [1.54, 1.807) is 0 Å². The number of esters is 1. The molecule has 0 amide bonds. The van der Waals surface area contributed by atoms with Gasteiger partial charge in [-0.25, -0.2) is 18.6 Å². The highest BCUT2D eigenvalue weighted by atomic mass is 19.2. The summed E-state index contributed by atoms with van der Waals surface area (Å²) >= 11 is 0. The molecule has 1 aromatic carbocycles. The van der Waals surface area contributed by atoms with Crippen molar-refractivity contribution in [3.05, 3.63) is 29.6 Å². The Morgan fingerprint density at radius 1 is 1.53 bits per heavy atom. The van der Waals surface area contributed by atoms with Crippen molar-refractivity contribution < 1.29 is 18.3 Å². The highest BCUT2D eigenvalue weighted by molar-refractivity contribution is 6.01. The summed E-state index contributed by atoms with van der Waals surface area (Å²) in [6.45, 7) is 0. The summed E-state index contributed by atoms with van der Waals surface area (Å²) in [5.41, 5.74) is -0.167. The van der Waals surface area contributed by atoms with E-state index in [0.717, 1.165) is 13.2 Å². The largest absolute Gasteiger partial charge is 0.465 e. The highest BCUT2D eigenvalue weighted by Gasteiger charge is 2.19. The maximum atomic E-state index is 13.2. The first-order valence-electron chi connectivity index (χ1n) is 4.04. The number of nitrogens with one attached hydrogen (secondary N) is 1. The number of carbonyl (C=O) groups is 1. The van der Waals surface area contributed by atoms with E-state index >= 15 is 0 Å². The molecule has 0 fully saturated rings. The summed E-state index contributed by atoms with van der Waals surface area (Å²) in [5, 5.41) is 0. The molecule has 78 valence electrons. The van der Waals surface area contributed by atoms with Gasteiger partial charge in [-0.3, -0.25) is 0 Å². The number of benzene rings is 1. The van der Waals surface area contributed by atoms with Crippen LogP contribution in [-0.4, -0.2) is 23.0 Å². The predicted octanol–water partition coefficient (Wildman–Crippen LogP) is 1.63. The molecule has 4 nitrogen and oxygen atoms in total. The summed E-state index contributed by atoms with van der Waals surface area (Å²) in [4.78, 5) is 17.4. The van der Waals surface area contributed by atoms with Crippen LogP contribution in [0.15, 0.2) is 12.4 Å². The van der Waals surface area contributed by atoms with Crippen LogP contribution in [0.25, 0.3) is 11.0 Å². The predicted molar refractivity (Wildman–Crippen MR) is 47.3 cm³/mol. The summed E-state index contributed by atoms with van der Waals surface area (Å²) in [7, 11) is 1.16. The second-order valence-electron chi connectivity index (χ2n) is 2.84. The molecule has 1 heterocycles. The van der Waals surface area contributed by atoms with Gasteiger partial charge in [-0.2, -0.15) is 0 Å². The van der Waals surface area contributed by atoms with Gasteiger partial charge in [0.1, 0.15) is 5.52 Å². The third-order valence-electron chi connectivity index (χ3n) is 2.00. The molecular weight excluding hydrogens is 206 g/mol. The number of H-pyrrole nitrogens is 1. The van der Waals surface area contributed by atoms with Crippen LogP contribution >= 0.6 is 0 Å². The first kappa shape index (κ1) is 9.57. The second-order valence-corrected chi connectivity index (χ2v) is 2.84. The molecule has 0 saturated carbocycles. The number of aromatic nitrogens is 2. The highest BCUT2D eigenvalue weighted by Crippen LogP contribution is 2.21. The zero-order chi connectivity index (χ0) is 11.0. The molecule has 0 aliphatic heterocycles. The van der Waals surface area contributed by atoms with Crippen molar-refractivity contribution in [3.63, 3.8) is 0 Å². The minimum atomic E-state index is -1.13. The normalized spacial score (nSPS) is 10.6. The van der Waals surface area contributed by atoms with E-state index in [4.69, 9.17) is 0 Å². The van der Waals surface area contributed by atoms with Crippen LogP contribution in [0, 0.1) is 11.6 Å². The van der Waals surface area contributed by atoms with Crippen molar-refractivity contribution in [2.24, 2.45) is 0 Å². The van der Waals surface area contributed by atoms with Gasteiger partial charge < -0.3 is 9.72 Å². The summed E-state index contributed by atoms with van der Waals surface area (Å²) in [5.74, 6) is -2.96. The molecule has 0 aliphatic rings. The van der Waals surface area contributed by atoms with Crippen molar-refractivity contribution in [2.45, 2.75) is 0 Å². The van der Waals surface area contributed by atoms with E-state index in [0.29, 0.717) is 0 Å². The van der Waals surface area contributed by atoms with Crippen LogP contribution in [0.1, 0.15) is 10.4 Å². The van der Waals surface area contributed by atoms with Crippen molar-refractivity contribution in [1.82, 2.24) is 9.97 Å². The molecule has 0 unspecified atom stereocenters. The number of hydrogen-bond acceptors (Lipinski definition) is 3. The monoisotopic (exact) mass is 212 g/mol. The number of methoxy groups -OCH3 is 1. The number of carbonyl (C=O) groups excluding carboxylic acids is 1. The number of imidazole rings is 1. The van der Waals surface area contributed by atoms with Crippen molar-refractivity contribution in [3.8, 4) is 0 Å². The summed E-state index contributed by atoms with van der Waals surface area (Å²) in [6.07, 6.45) is 1.18. The lowest BCUT2D eigenvalue weighted by molar-refractivity contribution is 0.0602. The zero-order valence-corrected chi connectivity index (χ0v) is 7.67. The average Bonchev–Trinajstić information content (AvgIpc) is 2.71. The number of halogens is 2. The van der Waals surface area contributed by atoms with Crippen LogP contribution < -0.4 is 0 Å². The standard InChI is InChI=1S/C9H6F2N2O2/c1-15-9(14)4-2-5(10)6(11)8-7(4)12-3-13-8/h2-3H,1H3,(H,12,13). The van der Waals surface area contributed by atoms with Crippen LogP contribution in [0.4, 0.5) is 8.78 Å². The van der Waals surface area contributed by atoms with Crippen molar-refractivity contribution in [2.75, 3.05) is 7.11 Å². The molecule has 0 aliphatic carbocycles. The van der Waals surface area contributed by atoms with Gasteiger partial charge in [0.15, 0.2) is 11.6 Å². The van der Waals surface area contributed by atoms with Gasteiger partial charge in [-0.15, -0.1) is 0 Å². The Labute approximate surface area is 82.9 Å². The van der Waals surface area contributed by atoms with Crippen LogP contribution in [0.3, 0.4) is 0 Å². The molecule has 2 aromatic rings. The quantitative estimate of drug-likeness (QED) is 0.731. The van der Waals surface area contributed by atoms with Gasteiger partial charge in [0, 0.05) is 0 Å². The number of ether oxygens (including phenoxy) is 1. The summed E-state index contributed by atoms with van der Waals surface area (Å²) < 4.78 is 30.6. The van der Waals surface area contributed by atoms with E-state index in [1.807, 2.05) is 0 Å². The second kappa shape index (κ2) is 3.30. The van der Waals surface area contributed by atoms with Crippen molar-refractivity contribution >= 4 is 17.0 Å². The third kappa shape index (κ3) is 1.34. The minimum Gasteiger partial charge on any atom is -0.465 e.